The molecule has 5 heteroatoms. The van der Waals surface area contributed by atoms with E-state index in [0.29, 0.717) is 6.42 Å². The summed E-state index contributed by atoms with van der Waals surface area (Å²) in [6, 6.07) is 25.6. The van der Waals surface area contributed by atoms with Crippen molar-refractivity contribution < 1.29 is 5.11 Å². The normalized spacial score (nSPS) is 10.7. The molecule has 0 aliphatic rings. The molecule has 0 aliphatic heterocycles. The van der Waals surface area contributed by atoms with E-state index in [2.05, 4.69) is 53.0 Å². The summed E-state index contributed by atoms with van der Waals surface area (Å²) in [6.45, 7) is 2.08. The van der Waals surface area contributed by atoms with Crippen LogP contribution in [0.4, 0.5) is 5.82 Å². The van der Waals surface area contributed by atoms with Crippen LogP contribution in [0.1, 0.15) is 16.8 Å². The zero-order chi connectivity index (χ0) is 20.1. The van der Waals surface area contributed by atoms with Gasteiger partial charge in [0.15, 0.2) is 5.82 Å². The Bertz CT molecular complexity index is 1080. The molecule has 0 fully saturated rings. The van der Waals surface area contributed by atoms with E-state index >= 15 is 0 Å². The van der Waals surface area contributed by atoms with Crippen LogP contribution in [0.15, 0.2) is 90.0 Å². The highest BCUT2D eigenvalue weighted by molar-refractivity contribution is 8.00. The molecule has 1 aromatic heterocycles. The van der Waals surface area contributed by atoms with Gasteiger partial charge in [0.05, 0.1) is 17.6 Å². The Balaban J connectivity index is 1.63. The number of anilines is 1. The third-order valence-electron chi connectivity index (χ3n) is 4.51. The van der Waals surface area contributed by atoms with Crippen molar-refractivity contribution >= 4 is 17.8 Å². The van der Waals surface area contributed by atoms with Gasteiger partial charge in [-0.1, -0.05) is 48.0 Å². The Kier molecular flexibility index (Phi) is 5.77. The Morgan fingerprint density at radius 2 is 1.62 bits per heavy atom. The fourth-order valence-electron chi connectivity index (χ4n) is 2.91. The fourth-order valence-corrected chi connectivity index (χ4v) is 3.57. The van der Waals surface area contributed by atoms with Crippen molar-refractivity contribution in [3.05, 3.63) is 102 Å². The minimum atomic E-state index is 0.235. The summed E-state index contributed by atoms with van der Waals surface area (Å²) in [4.78, 5) is 10.6. The SMILES string of the molecule is Cc1ccc(SNc2ncc(-c3ccc(O)cc3)nc2Cc2ccccc2)cc1. The second-order valence-electron chi connectivity index (χ2n) is 6.78. The van der Waals surface area contributed by atoms with Crippen LogP contribution in [0.2, 0.25) is 0 Å². The molecule has 0 saturated carbocycles. The molecule has 4 aromatic rings. The summed E-state index contributed by atoms with van der Waals surface area (Å²) in [6.07, 6.45) is 2.44. The smallest absolute Gasteiger partial charge is 0.158 e. The zero-order valence-electron chi connectivity index (χ0n) is 16.0. The van der Waals surface area contributed by atoms with Gasteiger partial charge in [0.1, 0.15) is 5.75 Å². The molecule has 0 bridgehead atoms. The topological polar surface area (TPSA) is 58.0 Å². The van der Waals surface area contributed by atoms with Crippen molar-refractivity contribution in [1.82, 2.24) is 9.97 Å². The van der Waals surface area contributed by atoms with E-state index < -0.39 is 0 Å². The maximum absolute atomic E-state index is 9.54. The van der Waals surface area contributed by atoms with Gasteiger partial charge in [-0.15, -0.1) is 0 Å². The molecule has 0 amide bonds. The molecule has 0 saturated heterocycles. The van der Waals surface area contributed by atoms with E-state index in [0.717, 1.165) is 27.7 Å². The first kappa shape index (κ1) is 19.0. The number of aromatic nitrogens is 2. The average Bonchev–Trinajstić information content (AvgIpc) is 2.75. The summed E-state index contributed by atoms with van der Waals surface area (Å²) < 4.78 is 3.36. The Morgan fingerprint density at radius 3 is 2.34 bits per heavy atom. The van der Waals surface area contributed by atoms with E-state index in [4.69, 9.17) is 4.98 Å². The summed E-state index contributed by atoms with van der Waals surface area (Å²) in [7, 11) is 0. The molecular weight excluding hydrogens is 378 g/mol. The summed E-state index contributed by atoms with van der Waals surface area (Å²) >= 11 is 1.53. The van der Waals surface area contributed by atoms with Crippen LogP contribution < -0.4 is 4.72 Å². The van der Waals surface area contributed by atoms with Crippen molar-refractivity contribution in [2.24, 2.45) is 0 Å². The maximum atomic E-state index is 9.54. The first-order chi connectivity index (χ1) is 14.2. The Hall–Kier alpha value is -3.31. The molecule has 0 radical (unpaired) electrons. The van der Waals surface area contributed by atoms with Gasteiger partial charge < -0.3 is 9.83 Å². The number of aryl methyl sites for hydroxylation is 1. The van der Waals surface area contributed by atoms with E-state index in [9.17, 15) is 5.11 Å². The molecule has 0 atom stereocenters. The van der Waals surface area contributed by atoms with Gasteiger partial charge in [0, 0.05) is 16.9 Å². The second kappa shape index (κ2) is 8.80. The molecular formula is C24H21N3OS. The number of rotatable bonds is 6. The van der Waals surface area contributed by atoms with Crippen molar-refractivity contribution in [3.63, 3.8) is 0 Å². The minimum absolute atomic E-state index is 0.235. The second-order valence-corrected chi connectivity index (χ2v) is 7.66. The van der Waals surface area contributed by atoms with Crippen LogP contribution in [-0.4, -0.2) is 15.1 Å². The van der Waals surface area contributed by atoms with Gasteiger partial charge >= 0.3 is 0 Å². The lowest BCUT2D eigenvalue weighted by Crippen LogP contribution is -2.03. The van der Waals surface area contributed by atoms with Crippen LogP contribution in [0.3, 0.4) is 0 Å². The number of hydrogen-bond donors (Lipinski definition) is 2. The van der Waals surface area contributed by atoms with Gasteiger partial charge in [-0.05, 0) is 60.8 Å². The molecule has 3 aromatic carbocycles. The molecule has 4 nitrogen and oxygen atoms in total. The number of nitrogens with one attached hydrogen (secondary N) is 1. The van der Waals surface area contributed by atoms with Crippen LogP contribution >= 0.6 is 11.9 Å². The largest absolute Gasteiger partial charge is 0.508 e. The van der Waals surface area contributed by atoms with E-state index in [1.54, 1.807) is 18.3 Å². The van der Waals surface area contributed by atoms with E-state index in [-0.39, 0.29) is 5.75 Å². The quantitative estimate of drug-likeness (QED) is 0.397. The molecule has 144 valence electrons. The molecule has 4 rings (SSSR count). The van der Waals surface area contributed by atoms with Gasteiger partial charge in [-0.3, -0.25) is 0 Å². The van der Waals surface area contributed by atoms with Crippen molar-refractivity contribution in [1.29, 1.82) is 0 Å². The van der Waals surface area contributed by atoms with Crippen molar-refractivity contribution in [2.45, 2.75) is 18.2 Å². The number of hydrogen-bond acceptors (Lipinski definition) is 5. The molecule has 0 spiro atoms. The standard InChI is InChI=1S/C24H21N3OS/c1-17-7-13-21(14-8-17)29-27-24-22(15-18-5-3-2-4-6-18)26-23(16-25-24)19-9-11-20(28)12-10-19/h2-14,16,28H,15H2,1H3,(H,25,27). The molecule has 0 unspecified atom stereocenters. The van der Waals surface area contributed by atoms with Crippen molar-refractivity contribution in [3.8, 4) is 17.0 Å². The average molecular weight is 400 g/mol. The fraction of sp³-hybridized carbons (Fsp3) is 0.0833. The minimum Gasteiger partial charge on any atom is -0.508 e. The summed E-state index contributed by atoms with van der Waals surface area (Å²) in [5, 5.41) is 9.54. The Labute approximate surface area is 174 Å². The highest BCUT2D eigenvalue weighted by Gasteiger charge is 2.11. The molecule has 29 heavy (non-hydrogen) atoms. The molecule has 1 heterocycles. The lowest BCUT2D eigenvalue weighted by Gasteiger charge is -2.12. The predicted octanol–water partition coefficient (Wildman–Crippen LogP) is 5.87. The number of benzene rings is 3. The van der Waals surface area contributed by atoms with Crippen LogP contribution in [0.5, 0.6) is 5.75 Å². The van der Waals surface area contributed by atoms with Crippen LogP contribution in [0.25, 0.3) is 11.3 Å². The first-order valence-corrected chi connectivity index (χ1v) is 10.2. The number of phenols is 1. The van der Waals surface area contributed by atoms with Crippen LogP contribution in [-0.2, 0) is 6.42 Å². The van der Waals surface area contributed by atoms with Gasteiger partial charge in [0.25, 0.3) is 0 Å². The number of aromatic hydroxyl groups is 1. The maximum Gasteiger partial charge on any atom is 0.158 e. The number of phenolic OH excluding ortho intramolecular Hbond substituents is 1. The third-order valence-corrected chi connectivity index (χ3v) is 5.31. The third kappa shape index (κ3) is 4.95. The summed E-state index contributed by atoms with van der Waals surface area (Å²) in [5.74, 6) is 0.987. The van der Waals surface area contributed by atoms with Crippen LogP contribution in [0, 0.1) is 6.92 Å². The monoisotopic (exact) mass is 399 g/mol. The first-order valence-electron chi connectivity index (χ1n) is 9.36. The van der Waals surface area contributed by atoms with E-state index in [1.165, 1.54) is 23.1 Å². The Morgan fingerprint density at radius 1 is 0.897 bits per heavy atom. The summed E-state index contributed by atoms with van der Waals surface area (Å²) in [5.41, 5.74) is 4.98. The lowest BCUT2D eigenvalue weighted by molar-refractivity contribution is 0.475. The van der Waals surface area contributed by atoms with Gasteiger partial charge in [0.2, 0.25) is 0 Å². The molecule has 0 aliphatic carbocycles. The van der Waals surface area contributed by atoms with E-state index in [1.807, 2.05) is 30.3 Å². The predicted molar refractivity (Wildman–Crippen MR) is 119 cm³/mol. The lowest BCUT2D eigenvalue weighted by atomic mass is 10.1. The highest BCUT2D eigenvalue weighted by atomic mass is 32.2. The van der Waals surface area contributed by atoms with Gasteiger partial charge in [-0.2, -0.15) is 0 Å². The number of nitrogens with zero attached hydrogens (tertiary/aromatic N) is 2. The highest BCUT2D eigenvalue weighted by Crippen LogP contribution is 2.26. The molecule has 2 N–H and O–H groups in total. The van der Waals surface area contributed by atoms with Gasteiger partial charge in [-0.25, -0.2) is 9.97 Å². The zero-order valence-corrected chi connectivity index (χ0v) is 16.9. The van der Waals surface area contributed by atoms with Crippen molar-refractivity contribution in [2.75, 3.05) is 4.72 Å².